The monoisotopic (exact) mass is 382 g/mol. The molecular formula is C22H27FN4O. The molecule has 2 saturated heterocycles. The molecule has 2 aliphatic heterocycles. The van der Waals surface area contributed by atoms with Gasteiger partial charge in [-0.25, -0.2) is 4.39 Å². The molecule has 28 heavy (non-hydrogen) atoms. The Morgan fingerprint density at radius 1 is 1.07 bits per heavy atom. The molecule has 6 heteroatoms. The number of pyridine rings is 1. The Hall–Kier alpha value is -2.63. The summed E-state index contributed by atoms with van der Waals surface area (Å²) in [5.41, 5.74) is 2.27. The predicted molar refractivity (Wildman–Crippen MR) is 109 cm³/mol. The predicted octanol–water partition coefficient (Wildman–Crippen LogP) is 3.42. The van der Waals surface area contributed by atoms with Crippen molar-refractivity contribution in [3.05, 3.63) is 54.1 Å². The molecule has 1 aromatic heterocycles. The summed E-state index contributed by atoms with van der Waals surface area (Å²) < 4.78 is 14.0. The van der Waals surface area contributed by atoms with Gasteiger partial charge < -0.3 is 14.7 Å². The fraction of sp³-hybridized carbons (Fsp3) is 0.455. The maximum Gasteiger partial charge on any atom is 0.255 e. The number of rotatable bonds is 3. The molecule has 1 atom stereocenters. The minimum atomic E-state index is -0.180. The van der Waals surface area contributed by atoms with Crippen LogP contribution in [0, 0.1) is 11.7 Å². The minimum absolute atomic E-state index is 0.0749. The van der Waals surface area contributed by atoms with Crippen LogP contribution in [0.1, 0.15) is 30.1 Å². The molecule has 148 valence electrons. The average molecular weight is 382 g/mol. The number of amides is 1. The maximum atomic E-state index is 14.0. The Kier molecular flexibility index (Phi) is 5.46. The van der Waals surface area contributed by atoms with Gasteiger partial charge in [0.1, 0.15) is 5.82 Å². The van der Waals surface area contributed by atoms with Gasteiger partial charge in [0.2, 0.25) is 0 Å². The number of carbonyl (C=O) groups is 1. The Labute approximate surface area is 165 Å². The highest BCUT2D eigenvalue weighted by Gasteiger charge is 2.24. The standard InChI is InChI=1S/C22H27FN4O/c1-17-5-4-8-27(16-17)22(28)18-13-19(15-24-14-18)25-9-11-26(12-10-25)21-7-3-2-6-20(21)23/h2-3,6-7,13-15,17H,4-5,8-12,16H2,1H3. The van der Waals surface area contributed by atoms with Gasteiger partial charge in [-0.3, -0.25) is 9.78 Å². The van der Waals surface area contributed by atoms with Crippen molar-refractivity contribution in [2.75, 3.05) is 49.1 Å². The maximum absolute atomic E-state index is 14.0. The van der Waals surface area contributed by atoms with Crippen molar-refractivity contribution in [1.29, 1.82) is 0 Å². The van der Waals surface area contributed by atoms with E-state index < -0.39 is 0 Å². The van der Waals surface area contributed by atoms with Crippen LogP contribution in [-0.2, 0) is 0 Å². The third kappa shape index (κ3) is 3.96. The Bertz CT molecular complexity index is 835. The summed E-state index contributed by atoms with van der Waals surface area (Å²) in [5, 5.41) is 0. The summed E-state index contributed by atoms with van der Waals surface area (Å²) in [6.07, 6.45) is 5.74. The molecule has 0 spiro atoms. The zero-order valence-corrected chi connectivity index (χ0v) is 16.4. The van der Waals surface area contributed by atoms with E-state index in [1.807, 2.05) is 29.3 Å². The van der Waals surface area contributed by atoms with Crippen molar-refractivity contribution in [1.82, 2.24) is 9.88 Å². The van der Waals surface area contributed by atoms with E-state index >= 15 is 0 Å². The average Bonchev–Trinajstić information content (AvgIpc) is 2.74. The fourth-order valence-electron chi connectivity index (χ4n) is 4.19. The number of aromatic nitrogens is 1. The van der Waals surface area contributed by atoms with E-state index in [0.29, 0.717) is 17.2 Å². The lowest BCUT2D eigenvalue weighted by atomic mass is 10.00. The third-order valence-corrected chi connectivity index (χ3v) is 5.75. The summed E-state index contributed by atoms with van der Waals surface area (Å²) in [7, 11) is 0. The molecule has 2 aliphatic rings. The minimum Gasteiger partial charge on any atom is -0.367 e. The molecule has 0 radical (unpaired) electrons. The third-order valence-electron chi connectivity index (χ3n) is 5.75. The Morgan fingerprint density at radius 2 is 1.82 bits per heavy atom. The van der Waals surface area contributed by atoms with Gasteiger partial charge >= 0.3 is 0 Å². The molecule has 3 heterocycles. The zero-order chi connectivity index (χ0) is 19.5. The molecule has 1 unspecified atom stereocenters. The van der Waals surface area contributed by atoms with Crippen molar-refractivity contribution >= 4 is 17.3 Å². The number of hydrogen-bond donors (Lipinski definition) is 0. The number of hydrogen-bond acceptors (Lipinski definition) is 4. The van der Waals surface area contributed by atoms with E-state index in [0.717, 1.165) is 51.4 Å². The highest BCUT2D eigenvalue weighted by molar-refractivity contribution is 5.94. The van der Waals surface area contributed by atoms with E-state index in [4.69, 9.17) is 0 Å². The second kappa shape index (κ2) is 8.17. The number of carbonyl (C=O) groups excluding carboxylic acids is 1. The van der Waals surface area contributed by atoms with Gasteiger partial charge in [-0.05, 0) is 37.0 Å². The molecule has 0 bridgehead atoms. The first-order chi connectivity index (χ1) is 13.6. The molecule has 1 aromatic carbocycles. The van der Waals surface area contributed by atoms with Crippen LogP contribution in [0.15, 0.2) is 42.7 Å². The second-order valence-electron chi connectivity index (χ2n) is 7.86. The quantitative estimate of drug-likeness (QED) is 0.816. The Balaban J connectivity index is 1.42. The van der Waals surface area contributed by atoms with Crippen LogP contribution in [0.25, 0.3) is 0 Å². The lowest BCUT2D eigenvalue weighted by Gasteiger charge is -2.37. The summed E-state index contributed by atoms with van der Waals surface area (Å²) in [4.78, 5) is 23.4. The van der Waals surface area contributed by atoms with E-state index in [9.17, 15) is 9.18 Å². The molecular weight excluding hydrogens is 355 g/mol. The van der Waals surface area contributed by atoms with Crippen molar-refractivity contribution in [2.24, 2.45) is 5.92 Å². The van der Waals surface area contributed by atoms with Crippen molar-refractivity contribution in [3.8, 4) is 0 Å². The van der Waals surface area contributed by atoms with Gasteiger partial charge in [0.25, 0.3) is 5.91 Å². The largest absolute Gasteiger partial charge is 0.367 e. The van der Waals surface area contributed by atoms with Gasteiger partial charge in [-0.2, -0.15) is 0 Å². The number of likely N-dealkylation sites (tertiary alicyclic amines) is 1. The van der Waals surface area contributed by atoms with E-state index in [1.165, 1.54) is 12.5 Å². The zero-order valence-electron chi connectivity index (χ0n) is 16.4. The van der Waals surface area contributed by atoms with E-state index in [1.54, 1.807) is 12.3 Å². The van der Waals surface area contributed by atoms with Crippen LogP contribution < -0.4 is 9.80 Å². The number of halogens is 1. The van der Waals surface area contributed by atoms with Gasteiger partial charge in [0, 0.05) is 45.5 Å². The molecule has 2 fully saturated rings. The van der Waals surface area contributed by atoms with E-state index in [-0.39, 0.29) is 11.7 Å². The summed E-state index contributed by atoms with van der Waals surface area (Å²) >= 11 is 0. The van der Waals surface area contributed by atoms with Crippen molar-refractivity contribution < 1.29 is 9.18 Å². The smallest absolute Gasteiger partial charge is 0.255 e. The summed E-state index contributed by atoms with van der Waals surface area (Å²) in [5.74, 6) is 0.451. The molecule has 5 nitrogen and oxygen atoms in total. The molecule has 2 aromatic rings. The normalized spacial score (nSPS) is 20.4. The highest BCUT2D eigenvalue weighted by atomic mass is 19.1. The Morgan fingerprint density at radius 3 is 2.57 bits per heavy atom. The molecule has 0 saturated carbocycles. The van der Waals surface area contributed by atoms with Crippen molar-refractivity contribution in [3.63, 3.8) is 0 Å². The lowest BCUT2D eigenvalue weighted by molar-refractivity contribution is 0.0682. The molecule has 0 aliphatic carbocycles. The second-order valence-corrected chi connectivity index (χ2v) is 7.86. The van der Waals surface area contributed by atoms with Crippen LogP contribution in [-0.4, -0.2) is 55.1 Å². The van der Waals surface area contributed by atoms with Gasteiger partial charge in [-0.15, -0.1) is 0 Å². The lowest BCUT2D eigenvalue weighted by Crippen LogP contribution is -2.47. The highest BCUT2D eigenvalue weighted by Crippen LogP contribution is 2.24. The number of piperidine rings is 1. The number of para-hydroxylation sites is 1. The number of nitrogens with zero attached hydrogens (tertiary/aromatic N) is 4. The first-order valence-electron chi connectivity index (χ1n) is 10.1. The molecule has 4 rings (SSSR count). The van der Waals surface area contributed by atoms with Crippen LogP contribution in [0.4, 0.5) is 15.8 Å². The van der Waals surface area contributed by atoms with Gasteiger partial charge in [0.05, 0.1) is 23.1 Å². The summed E-state index contributed by atoms with van der Waals surface area (Å²) in [6, 6.07) is 8.86. The first kappa shape index (κ1) is 18.7. The van der Waals surface area contributed by atoms with Crippen LogP contribution in [0.3, 0.4) is 0 Å². The number of benzene rings is 1. The number of anilines is 2. The van der Waals surface area contributed by atoms with Crippen LogP contribution in [0.2, 0.25) is 0 Å². The molecule has 1 amide bonds. The van der Waals surface area contributed by atoms with Gasteiger partial charge in [-0.1, -0.05) is 19.1 Å². The number of piperazine rings is 1. The first-order valence-corrected chi connectivity index (χ1v) is 10.1. The topological polar surface area (TPSA) is 39.7 Å². The van der Waals surface area contributed by atoms with Crippen LogP contribution >= 0.6 is 0 Å². The van der Waals surface area contributed by atoms with E-state index in [2.05, 4.69) is 21.7 Å². The summed E-state index contributed by atoms with van der Waals surface area (Å²) in [6.45, 7) is 6.87. The van der Waals surface area contributed by atoms with Crippen LogP contribution in [0.5, 0.6) is 0 Å². The SMILES string of the molecule is CC1CCCN(C(=O)c2cncc(N3CCN(c4ccccc4F)CC3)c2)C1. The van der Waals surface area contributed by atoms with Crippen molar-refractivity contribution in [2.45, 2.75) is 19.8 Å². The fourth-order valence-corrected chi connectivity index (χ4v) is 4.19. The van der Waals surface area contributed by atoms with Gasteiger partial charge in [0.15, 0.2) is 0 Å². The molecule has 0 N–H and O–H groups in total.